The number of hydrogen-bond acceptors (Lipinski definition) is 2. The summed E-state index contributed by atoms with van der Waals surface area (Å²) in [7, 11) is 0. The predicted octanol–water partition coefficient (Wildman–Crippen LogP) is 3.75. The van der Waals surface area contributed by atoms with Crippen LogP contribution in [0.15, 0.2) is 0 Å². The quantitative estimate of drug-likeness (QED) is 0.834. The lowest BCUT2D eigenvalue weighted by molar-refractivity contribution is 0.0316. The standard InChI is InChI=1S/C18H36N2/c1-13-16(19)8-7-15(18(13,5)6)12-20-10-9-14(11-20)17(2,3)4/h13-16H,7-12,19H2,1-6H3. The Bertz CT molecular complexity index is 329. The van der Waals surface area contributed by atoms with Crippen molar-refractivity contribution in [3.8, 4) is 0 Å². The third-order valence-corrected chi connectivity index (χ3v) is 6.69. The molecular formula is C18H36N2. The molecule has 1 saturated carbocycles. The molecule has 2 aliphatic rings. The van der Waals surface area contributed by atoms with Crippen molar-refractivity contribution in [1.82, 2.24) is 4.90 Å². The van der Waals surface area contributed by atoms with Gasteiger partial charge in [0.05, 0.1) is 0 Å². The van der Waals surface area contributed by atoms with Crippen LogP contribution in [0, 0.1) is 28.6 Å². The van der Waals surface area contributed by atoms with Gasteiger partial charge in [-0.1, -0.05) is 41.5 Å². The van der Waals surface area contributed by atoms with E-state index in [2.05, 4.69) is 46.4 Å². The predicted molar refractivity (Wildman–Crippen MR) is 87.6 cm³/mol. The maximum absolute atomic E-state index is 6.29. The van der Waals surface area contributed by atoms with Crippen LogP contribution in [0.5, 0.6) is 0 Å². The van der Waals surface area contributed by atoms with Crippen LogP contribution in [0.1, 0.15) is 60.8 Å². The summed E-state index contributed by atoms with van der Waals surface area (Å²) in [4.78, 5) is 2.73. The molecule has 2 heteroatoms. The molecule has 0 aromatic rings. The molecule has 2 N–H and O–H groups in total. The summed E-state index contributed by atoms with van der Waals surface area (Å²) >= 11 is 0. The number of rotatable bonds is 2. The summed E-state index contributed by atoms with van der Waals surface area (Å²) in [5.41, 5.74) is 7.14. The monoisotopic (exact) mass is 280 g/mol. The van der Waals surface area contributed by atoms with Crippen molar-refractivity contribution < 1.29 is 0 Å². The second-order valence-corrected chi connectivity index (χ2v) is 9.16. The van der Waals surface area contributed by atoms with Crippen molar-refractivity contribution >= 4 is 0 Å². The summed E-state index contributed by atoms with van der Waals surface area (Å²) in [6.45, 7) is 18.3. The summed E-state index contributed by atoms with van der Waals surface area (Å²) in [6, 6.07) is 0.405. The summed E-state index contributed by atoms with van der Waals surface area (Å²) in [5.74, 6) is 2.33. The minimum atomic E-state index is 0.386. The molecule has 2 nitrogen and oxygen atoms in total. The molecule has 1 aliphatic heterocycles. The first kappa shape index (κ1) is 16.3. The molecule has 20 heavy (non-hydrogen) atoms. The highest BCUT2D eigenvalue weighted by Gasteiger charge is 2.43. The summed E-state index contributed by atoms with van der Waals surface area (Å²) in [5, 5.41) is 0. The largest absolute Gasteiger partial charge is 0.327 e. The van der Waals surface area contributed by atoms with Crippen molar-refractivity contribution in [3.05, 3.63) is 0 Å². The van der Waals surface area contributed by atoms with Crippen molar-refractivity contribution in [2.75, 3.05) is 19.6 Å². The Balaban J connectivity index is 1.94. The average Bonchev–Trinajstić information content (AvgIpc) is 2.79. The van der Waals surface area contributed by atoms with Gasteiger partial charge in [-0.25, -0.2) is 0 Å². The smallest absolute Gasteiger partial charge is 0.00698 e. The van der Waals surface area contributed by atoms with Crippen LogP contribution in [0.25, 0.3) is 0 Å². The highest BCUT2D eigenvalue weighted by Crippen LogP contribution is 2.45. The van der Waals surface area contributed by atoms with Gasteiger partial charge in [0.25, 0.3) is 0 Å². The fourth-order valence-corrected chi connectivity index (χ4v) is 4.28. The van der Waals surface area contributed by atoms with Crippen LogP contribution in [0.3, 0.4) is 0 Å². The molecule has 4 unspecified atom stereocenters. The molecule has 1 saturated heterocycles. The highest BCUT2D eigenvalue weighted by atomic mass is 15.1. The molecule has 1 heterocycles. The van der Waals surface area contributed by atoms with Gasteiger partial charge in [-0.2, -0.15) is 0 Å². The number of nitrogens with zero attached hydrogens (tertiary/aromatic N) is 1. The molecule has 0 amide bonds. The van der Waals surface area contributed by atoms with Gasteiger partial charge in [0.2, 0.25) is 0 Å². The van der Waals surface area contributed by atoms with Crippen LogP contribution in [0.2, 0.25) is 0 Å². The van der Waals surface area contributed by atoms with E-state index in [-0.39, 0.29) is 0 Å². The lowest BCUT2D eigenvalue weighted by atomic mass is 9.61. The van der Waals surface area contributed by atoms with Crippen LogP contribution >= 0.6 is 0 Å². The molecule has 4 atom stereocenters. The van der Waals surface area contributed by atoms with E-state index >= 15 is 0 Å². The second-order valence-electron chi connectivity index (χ2n) is 9.16. The van der Waals surface area contributed by atoms with Gasteiger partial charge in [-0.15, -0.1) is 0 Å². The minimum absolute atomic E-state index is 0.386. The van der Waals surface area contributed by atoms with E-state index in [4.69, 9.17) is 5.73 Å². The van der Waals surface area contributed by atoms with E-state index in [1.165, 1.54) is 38.9 Å². The van der Waals surface area contributed by atoms with Crippen LogP contribution in [-0.4, -0.2) is 30.6 Å². The van der Waals surface area contributed by atoms with Gasteiger partial charge in [0.1, 0.15) is 0 Å². The van der Waals surface area contributed by atoms with E-state index in [0.717, 1.165) is 11.8 Å². The van der Waals surface area contributed by atoms with Crippen LogP contribution in [-0.2, 0) is 0 Å². The first-order valence-corrected chi connectivity index (χ1v) is 8.60. The minimum Gasteiger partial charge on any atom is -0.327 e. The van der Waals surface area contributed by atoms with Gasteiger partial charge < -0.3 is 10.6 Å². The highest BCUT2D eigenvalue weighted by molar-refractivity contribution is 4.95. The number of nitrogens with two attached hydrogens (primary N) is 1. The summed E-state index contributed by atoms with van der Waals surface area (Å²) < 4.78 is 0. The van der Waals surface area contributed by atoms with Crippen LogP contribution < -0.4 is 5.73 Å². The van der Waals surface area contributed by atoms with Gasteiger partial charge in [-0.3, -0.25) is 0 Å². The van der Waals surface area contributed by atoms with Gasteiger partial charge in [-0.05, 0) is 54.4 Å². The Morgan fingerprint density at radius 1 is 1.15 bits per heavy atom. The number of likely N-dealkylation sites (tertiary alicyclic amines) is 1. The fraction of sp³-hybridized carbons (Fsp3) is 1.00. The van der Waals surface area contributed by atoms with E-state index in [1.54, 1.807) is 0 Å². The Morgan fingerprint density at radius 2 is 1.80 bits per heavy atom. The molecule has 0 radical (unpaired) electrons. The molecule has 0 bridgehead atoms. The lowest BCUT2D eigenvalue weighted by Crippen LogP contribution is -2.49. The maximum Gasteiger partial charge on any atom is 0.00698 e. The van der Waals surface area contributed by atoms with Crippen molar-refractivity contribution in [1.29, 1.82) is 0 Å². The molecule has 0 aromatic carbocycles. The van der Waals surface area contributed by atoms with E-state index in [9.17, 15) is 0 Å². The molecule has 118 valence electrons. The van der Waals surface area contributed by atoms with Crippen molar-refractivity contribution in [2.45, 2.75) is 66.8 Å². The molecular weight excluding hydrogens is 244 g/mol. The van der Waals surface area contributed by atoms with Crippen LogP contribution in [0.4, 0.5) is 0 Å². The third-order valence-electron chi connectivity index (χ3n) is 6.69. The van der Waals surface area contributed by atoms with E-state index in [0.29, 0.717) is 22.8 Å². The Hall–Kier alpha value is -0.0800. The van der Waals surface area contributed by atoms with E-state index in [1.807, 2.05) is 0 Å². The fourth-order valence-electron chi connectivity index (χ4n) is 4.28. The molecule has 0 aromatic heterocycles. The maximum atomic E-state index is 6.29. The molecule has 2 rings (SSSR count). The first-order valence-electron chi connectivity index (χ1n) is 8.60. The van der Waals surface area contributed by atoms with E-state index < -0.39 is 0 Å². The molecule has 1 aliphatic carbocycles. The Morgan fingerprint density at radius 3 is 2.35 bits per heavy atom. The lowest BCUT2D eigenvalue weighted by Gasteiger charge is -2.48. The van der Waals surface area contributed by atoms with Crippen molar-refractivity contribution in [3.63, 3.8) is 0 Å². The summed E-state index contributed by atoms with van der Waals surface area (Å²) in [6.07, 6.45) is 3.91. The first-order chi connectivity index (χ1) is 9.12. The van der Waals surface area contributed by atoms with Gasteiger partial charge >= 0.3 is 0 Å². The average molecular weight is 280 g/mol. The SMILES string of the molecule is CC1C(N)CCC(CN2CCC(C(C)(C)C)C2)C1(C)C. The van der Waals surface area contributed by atoms with Gasteiger partial charge in [0.15, 0.2) is 0 Å². The van der Waals surface area contributed by atoms with Gasteiger partial charge in [0, 0.05) is 19.1 Å². The zero-order valence-electron chi connectivity index (χ0n) is 14.6. The third kappa shape index (κ3) is 3.22. The number of hydrogen-bond donors (Lipinski definition) is 1. The second kappa shape index (κ2) is 5.61. The topological polar surface area (TPSA) is 29.3 Å². The molecule has 0 spiro atoms. The zero-order valence-corrected chi connectivity index (χ0v) is 14.6. The zero-order chi connectivity index (χ0) is 15.1. The molecule has 2 fully saturated rings. The normalized spacial score (nSPS) is 39.1. The van der Waals surface area contributed by atoms with Crippen molar-refractivity contribution in [2.24, 2.45) is 34.3 Å². The Labute approximate surface area is 126 Å². The Kier molecular flexibility index (Phi) is 4.57.